The molecule has 5 heteroatoms. The van der Waals surface area contributed by atoms with Gasteiger partial charge in [-0.25, -0.2) is 0 Å². The molecule has 0 saturated carbocycles. The molecule has 0 aromatic carbocycles. The Labute approximate surface area is 111 Å². The van der Waals surface area contributed by atoms with Crippen LogP contribution in [0.5, 0.6) is 0 Å². The number of anilines is 1. The Hall–Kier alpha value is -1.33. The molecular weight excluding hydrogens is 244 g/mol. The number of nitrogens with two attached hydrogens (primary N) is 1. The normalized spacial score (nSPS) is 20.3. The first kappa shape index (κ1) is 11.7. The van der Waals surface area contributed by atoms with Crippen LogP contribution in [0.4, 0.5) is 5.82 Å². The van der Waals surface area contributed by atoms with Gasteiger partial charge >= 0.3 is 0 Å². The number of piperidine rings is 1. The molecule has 1 fully saturated rings. The summed E-state index contributed by atoms with van der Waals surface area (Å²) >= 11 is 1.75. The molecule has 1 aliphatic heterocycles. The van der Waals surface area contributed by atoms with E-state index in [1.807, 2.05) is 0 Å². The predicted octanol–water partition coefficient (Wildman–Crippen LogP) is 2.37. The van der Waals surface area contributed by atoms with Crippen molar-refractivity contribution in [3.63, 3.8) is 0 Å². The van der Waals surface area contributed by atoms with E-state index in [1.54, 1.807) is 11.3 Å². The van der Waals surface area contributed by atoms with Crippen molar-refractivity contribution in [1.29, 1.82) is 0 Å². The molecule has 1 aliphatic rings. The summed E-state index contributed by atoms with van der Waals surface area (Å²) in [5.74, 6) is 1.02. The minimum Gasteiger partial charge on any atom is -0.354 e. The summed E-state index contributed by atoms with van der Waals surface area (Å²) in [6.07, 6.45) is 2.28. The monoisotopic (exact) mass is 262 g/mol. The van der Waals surface area contributed by atoms with Gasteiger partial charge in [0.15, 0.2) is 5.82 Å². The van der Waals surface area contributed by atoms with Crippen LogP contribution in [-0.4, -0.2) is 29.3 Å². The minimum atomic E-state index is 0.280. The van der Waals surface area contributed by atoms with Crippen LogP contribution in [-0.2, 0) is 0 Å². The summed E-state index contributed by atoms with van der Waals surface area (Å²) in [5.41, 5.74) is 8.42. The van der Waals surface area contributed by atoms with Gasteiger partial charge in [0.25, 0.3) is 0 Å². The third-order valence-electron chi connectivity index (χ3n) is 3.45. The number of nitrogens with one attached hydrogen (secondary N) is 1. The molecule has 3 heterocycles. The molecule has 0 aliphatic carbocycles. The van der Waals surface area contributed by atoms with Crippen molar-refractivity contribution in [2.45, 2.75) is 25.8 Å². The van der Waals surface area contributed by atoms with E-state index in [-0.39, 0.29) is 6.04 Å². The Morgan fingerprint density at radius 3 is 3.17 bits per heavy atom. The Morgan fingerprint density at radius 1 is 1.56 bits per heavy atom. The van der Waals surface area contributed by atoms with Gasteiger partial charge in [-0.05, 0) is 36.8 Å². The minimum absolute atomic E-state index is 0.280. The quantitative estimate of drug-likeness (QED) is 0.873. The van der Waals surface area contributed by atoms with Gasteiger partial charge in [0.1, 0.15) is 0 Å². The van der Waals surface area contributed by atoms with Crippen molar-refractivity contribution in [3.8, 4) is 10.6 Å². The fourth-order valence-corrected chi connectivity index (χ4v) is 3.35. The van der Waals surface area contributed by atoms with Crippen LogP contribution in [0.25, 0.3) is 10.6 Å². The van der Waals surface area contributed by atoms with E-state index in [1.165, 1.54) is 10.4 Å². The smallest absolute Gasteiger partial charge is 0.151 e. The van der Waals surface area contributed by atoms with Gasteiger partial charge in [0.2, 0.25) is 0 Å². The van der Waals surface area contributed by atoms with Gasteiger partial charge in [-0.2, -0.15) is 5.10 Å². The van der Waals surface area contributed by atoms with Crippen molar-refractivity contribution in [2.75, 3.05) is 18.0 Å². The molecule has 0 radical (unpaired) electrons. The topological polar surface area (TPSA) is 57.9 Å². The average Bonchev–Trinajstić information content (AvgIpc) is 2.97. The molecule has 3 rings (SSSR count). The van der Waals surface area contributed by atoms with Crippen LogP contribution < -0.4 is 10.6 Å². The standard InChI is InChI=1S/C13H18N4S/c1-9-4-6-18-13(9)11-7-12(16-15-11)17-5-2-3-10(14)8-17/h4,6-7,10H,2-3,5,8,14H2,1H3,(H,15,16). The van der Waals surface area contributed by atoms with Crippen LogP contribution in [0.3, 0.4) is 0 Å². The molecule has 1 saturated heterocycles. The Bertz CT molecular complexity index is 531. The maximum absolute atomic E-state index is 6.01. The van der Waals surface area contributed by atoms with Gasteiger partial charge < -0.3 is 10.6 Å². The van der Waals surface area contributed by atoms with Crippen LogP contribution in [0.1, 0.15) is 18.4 Å². The molecule has 2 aromatic rings. The van der Waals surface area contributed by atoms with Gasteiger partial charge in [0.05, 0.1) is 10.6 Å². The van der Waals surface area contributed by atoms with Crippen LogP contribution in [0.15, 0.2) is 17.5 Å². The number of hydrogen-bond donors (Lipinski definition) is 2. The van der Waals surface area contributed by atoms with Crippen molar-refractivity contribution < 1.29 is 0 Å². The highest BCUT2D eigenvalue weighted by Crippen LogP contribution is 2.30. The summed E-state index contributed by atoms with van der Waals surface area (Å²) < 4.78 is 0. The maximum atomic E-state index is 6.01. The molecule has 3 N–H and O–H groups in total. The SMILES string of the molecule is Cc1ccsc1-c1cc(N2CCCC(N)C2)n[nH]1. The van der Waals surface area contributed by atoms with E-state index >= 15 is 0 Å². The van der Waals surface area contributed by atoms with Gasteiger partial charge in [-0.3, -0.25) is 5.10 Å². The first-order valence-corrected chi connectivity index (χ1v) is 7.22. The fourth-order valence-electron chi connectivity index (χ4n) is 2.46. The Morgan fingerprint density at radius 2 is 2.44 bits per heavy atom. The summed E-state index contributed by atoms with van der Waals surface area (Å²) in [7, 11) is 0. The number of H-pyrrole nitrogens is 1. The highest BCUT2D eigenvalue weighted by molar-refractivity contribution is 7.13. The molecule has 1 atom stereocenters. The third-order valence-corrected chi connectivity index (χ3v) is 4.50. The van der Waals surface area contributed by atoms with Gasteiger partial charge in [-0.1, -0.05) is 0 Å². The van der Waals surface area contributed by atoms with E-state index in [0.29, 0.717) is 0 Å². The number of aromatic amines is 1. The van der Waals surface area contributed by atoms with E-state index in [2.05, 4.69) is 39.5 Å². The zero-order chi connectivity index (χ0) is 12.5. The maximum Gasteiger partial charge on any atom is 0.151 e. The van der Waals surface area contributed by atoms with Crippen molar-refractivity contribution in [1.82, 2.24) is 10.2 Å². The highest BCUT2D eigenvalue weighted by Gasteiger charge is 2.19. The Kier molecular flexibility index (Phi) is 3.09. The van der Waals surface area contributed by atoms with Crippen molar-refractivity contribution in [2.24, 2.45) is 5.73 Å². The number of aryl methyl sites for hydroxylation is 1. The second-order valence-electron chi connectivity index (χ2n) is 4.92. The van der Waals surface area contributed by atoms with E-state index in [9.17, 15) is 0 Å². The lowest BCUT2D eigenvalue weighted by Gasteiger charge is -2.30. The number of rotatable bonds is 2. The summed E-state index contributed by atoms with van der Waals surface area (Å²) in [5, 5.41) is 9.68. The number of nitrogens with zero attached hydrogens (tertiary/aromatic N) is 2. The first-order chi connectivity index (χ1) is 8.74. The number of thiophene rings is 1. The number of aromatic nitrogens is 2. The van der Waals surface area contributed by atoms with Crippen molar-refractivity contribution >= 4 is 17.2 Å². The molecule has 1 unspecified atom stereocenters. The van der Waals surface area contributed by atoms with Crippen LogP contribution in [0, 0.1) is 6.92 Å². The van der Waals surface area contributed by atoms with Gasteiger partial charge in [-0.15, -0.1) is 11.3 Å². The lowest BCUT2D eigenvalue weighted by Crippen LogP contribution is -2.43. The fraction of sp³-hybridized carbons (Fsp3) is 0.462. The molecule has 18 heavy (non-hydrogen) atoms. The first-order valence-electron chi connectivity index (χ1n) is 6.34. The van der Waals surface area contributed by atoms with Crippen LogP contribution >= 0.6 is 11.3 Å². The number of hydrogen-bond acceptors (Lipinski definition) is 4. The summed E-state index contributed by atoms with van der Waals surface area (Å²) in [4.78, 5) is 3.55. The average molecular weight is 262 g/mol. The third kappa shape index (κ3) is 2.15. The lowest BCUT2D eigenvalue weighted by molar-refractivity contribution is 0.503. The van der Waals surface area contributed by atoms with Crippen LogP contribution in [0.2, 0.25) is 0 Å². The molecule has 0 bridgehead atoms. The summed E-state index contributed by atoms with van der Waals surface area (Å²) in [6.45, 7) is 4.10. The largest absolute Gasteiger partial charge is 0.354 e. The summed E-state index contributed by atoms with van der Waals surface area (Å²) in [6, 6.07) is 4.55. The van der Waals surface area contributed by atoms with Crippen molar-refractivity contribution in [3.05, 3.63) is 23.1 Å². The molecule has 0 spiro atoms. The van der Waals surface area contributed by atoms with E-state index in [0.717, 1.165) is 37.4 Å². The predicted molar refractivity (Wildman–Crippen MR) is 76.1 cm³/mol. The second-order valence-corrected chi connectivity index (χ2v) is 5.84. The Balaban J connectivity index is 1.83. The van der Waals surface area contributed by atoms with Gasteiger partial charge in [0, 0.05) is 25.2 Å². The second kappa shape index (κ2) is 4.74. The zero-order valence-electron chi connectivity index (χ0n) is 10.5. The molecular formula is C13H18N4S. The molecule has 0 amide bonds. The lowest BCUT2D eigenvalue weighted by atomic mass is 10.1. The molecule has 96 valence electrons. The molecule has 4 nitrogen and oxygen atoms in total. The van der Waals surface area contributed by atoms with E-state index < -0.39 is 0 Å². The zero-order valence-corrected chi connectivity index (χ0v) is 11.3. The molecule has 2 aromatic heterocycles. The van der Waals surface area contributed by atoms with E-state index in [4.69, 9.17) is 5.73 Å². The highest BCUT2D eigenvalue weighted by atomic mass is 32.1.